The molecule has 1 aromatic rings. The summed E-state index contributed by atoms with van der Waals surface area (Å²) in [6.07, 6.45) is 10.5. The first kappa shape index (κ1) is 17.0. The van der Waals surface area contributed by atoms with Gasteiger partial charge in [0.25, 0.3) is 0 Å². The maximum atomic E-state index is 5.79. The topological polar surface area (TPSA) is 55.9 Å². The molecule has 5 heteroatoms. The minimum absolute atomic E-state index is 0.338. The lowest BCUT2D eigenvalue weighted by Gasteiger charge is -2.24. The summed E-state index contributed by atoms with van der Waals surface area (Å²) in [6.45, 7) is 5.09. The Labute approximate surface area is 137 Å². The zero-order valence-electron chi connectivity index (χ0n) is 13.4. The Hall–Kier alpha value is -0.390. The zero-order valence-corrected chi connectivity index (χ0v) is 15.0. The lowest BCUT2D eigenvalue weighted by molar-refractivity contribution is 0.311. The number of nitrogens with zero attached hydrogens (tertiary/aromatic N) is 2. The van der Waals surface area contributed by atoms with Crippen LogP contribution in [0.5, 0.6) is 0 Å². The van der Waals surface area contributed by atoms with E-state index in [1.54, 1.807) is 0 Å². The molecule has 1 saturated carbocycles. The van der Waals surface area contributed by atoms with Crippen LogP contribution >= 0.6 is 15.9 Å². The molecule has 0 spiro atoms. The number of rotatable bonds is 7. The number of aryl methyl sites for hydroxylation is 2. The van der Waals surface area contributed by atoms with Crippen molar-refractivity contribution in [3.8, 4) is 0 Å². The molecular weight excluding hydrogens is 328 g/mol. The SMILES string of the molecule is CCn1nc(C)c(Br)c1CC(CCC1CCCCC1)NN. The molecule has 1 fully saturated rings. The quantitative estimate of drug-likeness (QED) is 0.578. The van der Waals surface area contributed by atoms with Gasteiger partial charge in [0.05, 0.1) is 15.9 Å². The summed E-state index contributed by atoms with van der Waals surface area (Å²) < 4.78 is 3.23. The molecule has 0 aromatic carbocycles. The lowest BCUT2D eigenvalue weighted by Crippen LogP contribution is -2.37. The fourth-order valence-corrected chi connectivity index (χ4v) is 3.90. The normalized spacial score (nSPS) is 18.1. The predicted octanol–water partition coefficient (Wildman–Crippen LogP) is 3.71. The van der Waals surface area contributed by atoms with E-state index in [0.717, 1.165) is 35.5 Å². The number of hydrogen-bond acceptors (Lipinski definition) is 3. The van der Waals surface area contributed by atoms with Gasteiger partial charge in [-0.3, -0.25) is 16.0 Å². The van der Waals surface area contributed by atoms with Crippen molar-refractivity contribution in [2.45, 2.75) is 77.8 Å². The van der Waals surface area contributed by atoms with Crippen molar-refractivity contribution < 1.29 is 0 Å². The number of nitrogens with two attached hydrogens (primary N) is 1. The van der Waals surface area contributed by atoms with Gasteiger partial charge in [0, 0.05) is 19.0 Å². The summed E-state index contributed by atoms with van der Waals surface area (Å²) in [7, 11) is 0. The fourth-order valence-electron chi connectivity index (χ4n) is 3.45. The highest BCUT2D eigenvalue weighted by Crippen LogP contribution is 2.29. The lowest BCUT2D eigenvalue weighted by atomic mass is 9.85. The van der Waals surface area contributed by atoms with Crippen molar-refractivity contribution in [3.63, 3.8) is 0 Å². The monoisotopic (exact) mass is 356 g/mol. The third-order valence-electron chi connectivity index (χ3n) is 4.78. The van der Waals surface area contributed by atoms with Crippen LogP contribution in [0.1, 0.15) is 63.3 Å². The highest BCUT2D eigenvalue weighted by atomic mass is 79.9. The molecule has 0 aliphatic heterocycles. The molecule has 21 heavy (non-hydrogen) atoms. The fraction of sp³-hybridized carbons (Fsp3) is 0.812. The second-order valence-electron chi connectivity index (χ2n) is 6.31. The van der Waals surface area contributed by atoms with Crippen molar-refractivity contribution in [2.75, 3.05) is 0 Å². The molecule has 3 N–H and O–H groups in total. The minimum Gasteiger partial charge on any atom is -0.271 e. The van der Waals surface area contributed by atoms with Crippen molar-refractivity contribution in [1.82, 2.24) is 15.2 Å². The predicted molar refractivity (Wildman–Crippen MR) is 91.0 cm³/mol. The van der Waals surface area contributed by atoms with Crippen LogP contribution in [0.25, 0.3) is 0 Å². The Morgan fingerprint density at radius 3 is 2.71 bits per heavy atom. The molecule has 1 unspecified atom stereocenters. The van der Waals surface area contributed by atoms with Crippen LogP contribution in [0.2, 0.25) is 0 Å². The molecule has 1 aromatic heterocycles. The molecule has 1 atom stereocenters. The average molecular weight is 357 g/mol. The molecule has 2 rings (SSSR count). The smallest absolute Gasteiger partial charge is 0.0738 e. The van der Waals surface area contributed by atoms with E-state index < -0.39 is 0 Å². The van der Waals surface area contributed by atoms with E-state index in [0.29, 0.717) is 6.04 Å². The Kier molecular flexibility index (Phi) is 6.71. The van der Waals surface area contributed by atoms with Gasteiger partial charge < -0.3 is 0 Å². The molecule has 0 bridgehead atoms. The van der Waals surface area contributed by atoms with Crippen molar-refractivity contribution in [2.24, 2.45) is 11.8 Å². The van der Waals surface area contributed by atoms with Crippen LogP contribution in [0.4, 0.5) is 0 Å². The summed E-state index contributed by atoms with van der Waals surface area (Å²) in [5.41, 5.74) is 5.35. The molecule has 1 heterocycles. The summed E-state index contributed by atoms with van der Waals surface area (Å²) in [6, 6.07) is 0.338. The summed E-state index contributed by atoms with van der Waals surface area (Å²) in [5, 5.41) is 4.57. The third kappa shape index (κ3) is 4.54. The van der Waals surface area contributed by atoms with E-state index in [4.69, 9.17) is 5.84 Å². The molecule has 1 aliphatic carbocycles. The summed E-state index contributed by atoms with van der Waals surface area (Å²) in [5.74, 6) is 6.70. The first-order chi connectivity index (χ1) is 10.2. The molecule has 4 nitrogen and oxygen atoms in total. The van der Waals surface area contributed by atoms with Crippen molar-refractivity contribution in [3.05, 3.63) is 15.9 Å². The molecule has 0 saturated heterocycles. The van der Waals surface area contributed by atoms with Crippen LogP contribution in [0, 0.1) is 12.8 Å². The largest absolute Gasteiger partial charge is 0.271 e. The van der Waals surface area contributed by atoms with Crippen LogP contribution in [-0.2, 0) is 13.0 Å². The van der Waals surface area contributed by atoms with Crippen molar-refractivity contribution in [1.29, 1.82) is 0 Å². The van der Waals surface area contributed by atoms with E-state index in [-0.39, 0.29) is 0 Å². The Bertz CT molecular complexity index is 438. The highest BCUT2D eigenvalue weighted by Gasteiger charge is 2.19. The van der Waals surface area contributed by atoms with Gasteiger partial charge in [-0.25, -0.2) is 0 Å². The van der Waals surface area contributed by atoms with Gasteiger partial charge in [-0.15, -0.1) is 0 Å². The van der Waals surface area contributed by atoms with Gasteiger partial charge in [0.2, 0.25) is 0 Å². The standard InChI is InChI=1S/C16H29BrN4/c1-3-21-15(16(17)12(2)20-21)11-14(19-18)10-9-13-7-5-4-6-8-13/h13-14,19H,3-11,18H2,1-2H3. The maximum Gasteiger partial charge on any atom is 0.0738 e. The van der Waals surface area contributed by atoms with Gasteiger partial charge in [-0.05, 0) is 48.5 Å². The van der Waals surface area contributed by atoms with Gasteiger partial charge in [-0.1, -0.05) is 32.1 Å². The van der Waals surface area contributed by atoms with Crippen LogP contribution in [-0.4, -0.2) is 15.8 Å². The number of halogens is 1. The molecule has 0 amide bonds. The van der Waals surface area contributed by atoms with Crippen LogP contribution in [0.3, 0.4) is 0 Å². The molecule has 1 aliphatic rings. The second-order valence-corrected chi connectivity index (χ2v) is 7.10. The second kappa shape index (κ2) is 8.30. The van der Waals surface area contributed by atoms with E-state index >= 15 is 0 Å². The van der Waals surface area contributed by atoms with Gasteiger partial charge >= 0.3 is 0 Å². The van der Waals surface area contributed by atoms with Crippen molar-refractivity contribution >= 4 is 15.9 Å². The maximum absolute atomic E-state index is 5.79. The zero-order chi connectivity index (χ0) is 15.2. The Balaban J connectivity index is 1.92. The Morgan fingerprint density at radius 2 is 2.10 bits per heavy atom. The number of hydrogen-bond donors (Lipinski definition) is 2. The average Bonchev–Trinajstić information content (AvgIpc) is 2.79. The minimum atomic E-state index is 0.338. The number of hydrazine groups is 1. The first-order valence-electron chi connectivity index (χ1n) is 8.33. The molecule has 0 radical (unpaired) electrons. The van der Waals surface area contributed by atoms with E-state index in [2.05, 4.69) is 38.1 Å². The van der Waals surface area contributed by atoms with E-state index in [9.17, 15) is 0 Å². The van der Waals surface area contributed by atoms with Gasteiger partial charge in [0.15, 0.2) is 0 Å². The van der Waals surface area contributed by atoms with E-state index in [1.807, 2.05) is 6.92 Å². The highest BCUT2D eigenvalue weighted by molar-refractivity contribution is 9.10. The summed E-state index contributed by atoms with van der Waals surface area (Å²) >= 11 is 3.68. The van der Waals surface area contributed by atoms with Crippen LogP contribution < -0.4 is 11.3 Å². The third-order valence-corrected chi connectivity index (χ3v) is 5.81. The number of nitrogens with one attached hydrogen (secondary N) is 1. The van der Waals surface area contributed by atoms with Crippen LogP contribution in [0.15, 0.2) is 4.47 Å². The summed E-state index contributed by atoms with van der Waals surface area (Å²) in [4.78, 5) is 0. The first-order valence-corrected chi connectivity index (χ1v) is 9.12. The molecular formula is C16H29BrN4. The Morgan fingerprint density at radius 1 is 1.38 bits per heavy atom. The molecule has 120 valence electrons. The van der Waals surface area contributed by atoms with E-state index in [1.165, 1.54) is 44.2 Å². The van der Waals surface area contributed by atoms with Gasteiger partial charge in [-0.2, -0.15) is 5.10 Å². The number of aromatic nitrogens is 2. The van der Waals surface area contributed by atoms with Gasteiger partial charge in [0.1, 0.15) is 0 Å².